The molecule has 1 aromatic rings. The summed E-state index contributed by atoms with van der Waals surface area (Å²) in [6.07, 6.45) is 0.525. The maximum atomic E-state index is 12.5. The number of rotatable bonds is 6. The number of hydrogen-bond donors (Lipinski definition) is 2. The predicted octanol–water partition coefficient (Wildman–Crippen LogP) is 2.87. The van der Waals surface area contributed by atoms with Crippen LogP contribution in [0.25, 0.3) is 0 Å². The molecule has 1 heterocycles. The van der Waals surface area contributed by atoms with Gasteiger partial charge in [0, 0.05) is 5.02 Å². The number of amides is 4. The van der Waals surface area contributed by atoms with Crippen LogP contribution in [-0.4, -0.2) is 34.8 Å². The molecule has 2 N–H and O–H groups in total. The third kappa shape index (κ3) is 4.51. The average Bonchev–Trinajstić information content (AvgIpc) is 2.70. The second kappa shape index (κ2) is 7.44. The van der Waals surface area contributed by atoms with E-state index in [2.05, 4.69) is 10.6 Å². The molecule has 7 heteroatoms. The molecule has 1 aliphatic rings. The van der Waals surface area contributed by atoms with E-state index in [9.17, 15) is 14.4 Å². The maximum Gasteiger partial charge on any atom is 0.325 e. The maximum absolute atomic E-state index is 12.5. The number of urea groups is 1. The molecule has 0 aromatic heterocycles. The van der Waals surface area contributed by atoms with Gasteiger partial charge in [0.15, 0.2) is 0 Å². The van der Waals surface area contributed by atoms with Gasteiger partial charge < -0.3 is 10.6 Å². The van der Waals surface area contributed by atoms with Crippen LogP contribution in [0.15, 0.2) is 24.3 Å². The molecule has 136 valence electrons. The number of carbonyl (C=O) groups is 3. The van der Waals surface area contributed by atoms with Gasteiger partial charge in [0.05, 0.1) is 6.04 Å². The van der Waals surface area contributed by atoms with E-state index < -0.39 is 11.6 Å². The summed E-state index contributed by atoms with van der Waals surface area (Å²) >= 11 is 5.85. The largest absolute Gasteiger partial charge is 0.348 e. The second-order valence-corrected chi connectivity index (χ2v) is 7.53. The van der Waals surface area contributed by atoms with Gasteiger partial charge in [0.2, 0.25) is 5.91 Å². The molecule has 0 bridgehead atoms. The Kier molecular flexibility index (Phi) is 5.72. The summed E-state index contributed by atoms with van der Waals surface area (Å²) in [4.78, 5) is 37.9. The fraction of sp³-hybridized carbons (Fsp3) is 0.500. The predicted molar refractivity (Wildman–Crippen MR) is 96.1 cm³/mol. The van der Waals surface area contributed by atoms with E-state index in [1.807, 2.05) is 32.9 Å². The Bertz CT molecular complexity index is 675. The van der Waals surface area contributed by atoms with Gasteiger partial charge in [-0.15, -0.1) is 0 Å². The van der Waals surface area contributed by atoms with E-state index >= 15 is 0 Å². The first kappa shape index (κ1) is 19.2. The smallest absolute Gasteiger partial charge is 0.325 e. The Labute approximate surface area is 152 Å². The zero-order valence-corrected chi connectivity index (χ0v) is 15.7. The van der Waals surface area contributed by atoms with Crippen molar-refractivity contribution in [2.75, 3.05) is 6.54 Å². The van der Waals surface area contributed by atoms with Gasteiger partial charge in [0.1, 0.15) is 12.1 Å². The minimum absolute atomic E-state index is 0.243. The average molecular weight is 366 g/mol. The molecule has 2 rings (SSSR count). The van der Waals surface area contributed by atoms with Gasteiger partial charge >= 0.3 is 6.03 Å². The van der Waals surface area contributed by atoms with Gasteiger partial charge in [-0.2, -0.15) is 0 Å². The van der Waals surface area contributed by atoms with Gasteiger partial charge in [-0.25, -0.2) is 4.79 Å². The van der Waals surface area contributed by atoms with E-state index in [-0.39, 0.29) is 30.3 Å². The lowest BCUT2D eigenvalue weighted by Gasteiger charge is -2.23. The number of nitrogens with one attached hydrogen (secondary N) is 2. The molecular weight excluding hydrogens is 342 g/mol. The highest BCUT2D eigenvalue weighted by atomic mass is 35.5. The van der Waals surface area contributed by atoms with E-state index in [4.69, 9.17) is 11.6 Å². The van der Waals surface area contributed by atoms with Crippen molar-refractivity contribution in [1.29, 1.82) is 0 Å². The standard InChI is InChI=1S/C18H24ClN3O3/c1-11(2)9-18(4)16(24)22(17(25)21-18)10-15(23)20-12(3)13-5-7-14(19)8-6-13/h5-8,11-12H,9-10H2,1-4H3,(H,20,23)(H,21,25). The molecule has 25 heavy (non-hydrogen) atoms. The van der Waals surface area contributed by atoms with Crippen LogP contribution in [0, 0.1) is 5.92 Å². The van der Waals surface area contributed by atoms with Crippen molar-refractivity contribution in [1.82, 2.24) is 15.5 Å². The van der Waals surface area contributed by atoms with Crippen LogP contribution in [0.2, 0.25) is 5.02 Å². The van der Waals surface area contributed by atoms with Crippen molar-refractivity contribution >= 4 is 29.4 Å². The highest BCUT2D eigenvalue weighted by Crippen LogP contribution is 2.25. The topological polar surface area (TPSA) is 78.5 Å². The molecule has 0 radical (unpaired) electrons. The molecule has 1 aliphatic heterocycles. The fourth-order valence-electron chi connectivity index (χ4n) is 3.11. The summed E-state index contributed by atoms with van der Waals surface area (Å²) in [6, 6.07) is 6.35. The van der Waals surface area contributed by atoms with Crippen molar-refractivity contribution in [3.05, 3.63) is 34.9 Å². The van der Waals surface area contributed by atoms with Crippen molar-refractivity contribution in [2.45, 2.75) is 45.7 Å². The minimum atomic E-state index is -0.951. The van der Waals surface area contributed by atoms with Gasteiger partial charge in [-0.05, 0) is 43.9 Å². The SMILES string of the molecule is CC(C)CC1(C)NC(=O)N(CC(=O)NC(C)c2ccc(Cl)cc2)C1=O. The number of hydrogen-bond acceptors (Lipinski definition) is 3. The van der Waals surface area contributed by atoms with Crippen molar-refractivity contribution in [2.24, 2.45) is 5.92 Å². The molecule has 0 saturated carbocycles. The summed E-state index contributed by atoms with van der Waals surface area (Å²) in [5.74, 6) is -0.506. The molecule has 0 aliphatic carbocycles. The lowest BCUT2D eigenvalue weighted by atomic mass is 9.91. The molecule has 1 aromatic carbocycles. The van der Waals surface area contributed by atoms with Gasteiger partial charge in [0.25, 0.3) is 5.91 Å². The van der Waals surface area contributed by atoms with Crippen LogP contribution < -0.4 is 10.6 Å². The van der Waals surface area contributed by atoms with E-state index in [0.717, 1.165) is 10.5 Å². The zero-order chi connectivity index (χ0) is 18.8. The normalized spacial score (nSPS) is 21.4. The third-order valence-electron chi connectivity index (χ3n) is 4.21. The summed E-state index contributed by atoms with van der Waals surface area (Å²) in [5, 5.41) is 6.11. The first-order chi connectivity index (χ1) is 11.6. The Hall–Kier alpha value is -2.08. The molecule has 1 saturated heterocycles. The van der Waals surface area contributed by atoms with Crippen molar-refractivity contribution < 1.29 is 14.4 Å². The van der Waals surface area contributed by atoms with E-state index in [1.165, 1.54) is 0 Å². The highest BCUT2D eigenvalue weighted by Gasteiger charge is 2.48. The Balaban J connectivity index is 1.99. The molecule has 2 atom stereocenters. The molecular formula is C18H24ClN3O3. The van der Waals surface area contributed by atoms with Crippen LogP contribution in [0.3, 0.4) is 0 Å². The van der Waals surface area contributed by atoms with Crippen molar-refractivity contribution in [3.63, 3.8) is 0 Å². The highest BCUT2D eigenvalue weighted by molar-refractivity contribution is 6.30. The van der Waals surface area contributed by atoms with E-state index in [0.29, 0.717) is 11.4 Å². The van der Waals surface area contributed by atoms with Crippen LogP contribution in [0.5, 0.6) is 0 Å². The number of imide groups is 1. The Morgan fingerprint density at radius 3 is 2.40 bits per heavy atom. The molecule has 6 nitrogen and oxygen atoms in total. The van der Waals surface area contributed by atoms with E-state index in [1.54, 1.807) is 19.1 Å². The van der Waals surface area contributed by atoms with Gasteiger partial charge in [-0.3, -0.25) is 14.5 Å². The monoisotopic (exact) mass is 365 g/mol. The quantitative estimate of drug-likeness (QED) is 0.761. The number of benzene rings is 1. The van der Waals surface area contributed by atoms with Crippen LogP contribution >= 0.6 is 11.6 Å². The first-order valence-electron chi connectivity index (χ1n) is 8.31. The third-order valence-corrected chi connectivity index (χ3v) is 4.46. The van der Waals surface area contributed by atoms with Crippen LogP contribution in [-0.2, 0) is 9.59 Å². The number of carbonyl (C=O) groups excluding carboxylic acids is 3. The summed E-state index contributed by atoms with van der Waals surface area (Å²) in [5.41, 5.74) is -0.0626. The lowest BCUT2D eigenvalue weighted by Crippen LogP contribution is -2.46. The fourth-order valence-corrected chi connectivity index (χ4v) is 3.24. The molecule has 2 unspecified atom stereocenters. The lowest BCUT2D eigenvalue weighted by molar-refractivity contribution is -0.135. The first-order valence-corrected chi connectivity index (χ1v) is 8.69. The van der Waals surface area contributed by atoms with Crippen molar-refractivity contribution in [3.8, 4) is 0 Å². The van der Waals surface area contributed by atoms with Crippen LogP contribution in [0.4, 0.5) is 4.79 Å². The zero-order valence-electron chi connectivity index (χ0n) is 14.9. The molecule has 1 fully saturated rings. The Morgan fingerprint density at radius 2 is 1.84 bits per heavy atom. The van der Waals surface area contributed by atoms with Crippen LogP contribution in [0.1, 0.15) is 45.7 Å². The second-order valence-electron chi connectivity index (χ2n) is 7.09. The summed E-state index contributed by atoms with van der Waals surface area (Å²) < 4.78 is 0. The number of halogens is 1. The minimum Gasteiger partial charge on any atom is -0.348 e. The van der Waals surface area contributed by atoms with Gasteiger partial charge in [-0.1, -0.05) is 37.6 Å². The summed E-state index contributed by atoms with van der Waals surface area (Å²) in [6.45, 7) is 7.19. The Morgan fingerprint density at radius 1 is 1.24 bits per heavy atom. The molecule has 0 spiro atoms. The number of nitrogens with zero attached hydrogens (tertiary/aromatic N) is 1. The molecule has 4 amide bonds. The summed E-state index contributed by atoms with van der Waals surface area (Å²) in [7, 11) is 0.